The summed E-state index contributed by atoms with van der Waals surface area (Å²) in [6.07, 6.45) is 14.5. The summed E-state index contributed by atoms with van der Waals surface area (Å²) in [7, 11) is 0. The fourth-order valence-corrected chi connectivity index (χ4v) is 4.05. The molecular weight excluding hydrogens is 320 g/mol. The molecule has 2 bridgehead atoms. The van der Waals surface area contributed by atoms with Gasteiger partial charge in [-0.2, -0.15) is 0 Å². The summed E-state index contributed by atoms with van der Waals surface area (Å²) in [6.45, 7) is 2.17. The van der Waals surface area contributed by atoms with Crippen LogP contribution in [0.15, 0.2) is 12.2 Å². The van der Waals surface area contributed by atoms with Crippen molar-refractivity contribution in [3.05, 3.63) is 12.2 Å². The molecule has 2 rings (SSSR count). The van der Waals surface area contributed by atoms with Gasteiger partial charge in [-0.3, -0.25) is 4.79 Å². The summed E-state index contributed by atoms with van der Waals surface area (Å²) in [6, 6.07) is 0. The van der Waals surface area contributed by atoms with Gasteiger partial charge in [0, 0.05) is 18.8 Å². The normalized spacial score (nSPS) is 29.5. The molecular formula is C20H34O5. The van der Waals surface area contributed by atoms with Gasteiger partial charge in [0.25, 0.3) is 0 Å². The minimum atomic E-state index is -0.707. The van der Waals surface area contributed by atoms with Crippen LogP contribution in [0, 0.1) is 11.8 Å². The van der Waals surface area contributed by atoms with E-state index in [0.29, 0.717) is 11.8 Å². The zero-order valence-electron chi connectivity index (χ0n) is 15.4. The third kappa shape index (κ3) is 6.72. The fourth-order valence-electron chi connectivity index (χ4n) is 4.05. The molecule has 2 aliphatic rings. The maximum Gasteiger partial charge on any atom is 0.303 e. The van der Waals surface area contributed by atoms with Crippen LogP contribution in [0.4, 0.5) is 0 Å². The number of carboxylic acid groups (broad SMARTS) is 1. The summed E-state index contributed by atoms with van der Waals surface area (Å²) < 4.78 is 0. The molecule has 0 aromatic carbocycles. The first kappa shape index (κ1) is 20.4. The quantitative estimate of drug-likeness (QED) is 0.294. The largest absolute Gasteiger partial charge is 0.481 e. The summed E-state index contributed by atoms with van der Waals surface area (Å²) in [5.41, 5.74) is 0. The van der Waals surface area contributed by atoms with Crippen molar-refractivity contribution in [3.63, 3.8) is 0 Å². The molecule has 1 heterocycles. The second-order valence-corrected chi connectivity index (χ2v) is 7.54. The van der Waals surface area contributed by atoms with E-state index in [-0.39, 0.29) is 24.7 Å². The van der Waals surface area contributed by atoms with Crippen molar-refractivity contribution in [2.45, 2.75) is 95.9 Å². The Kier molecular flexibility index (Phi) is 8.93. The molecule has 144 valence electrons. The third-order valence-corrected chi connectivity index (χ3v) is 5.51. The standard InChI is InChI=1S/C20H34O5/c1-2-3-6-9-15(21)12-13-17-16(18-14-19(17)25-24-18)10-7-4-5-8-11-20(22)23/h12-13,15-19,21H,2-11,14H2,1H3,(H,22,23)/b13-12+/t15-,16-,17+,18-,19+/m0/s1. The molecule has 0 unspecified atom stereocenters. The Morgan fingerprint density at radius 2 is 1.88 bits per heavy atom. The van der Waals surface area contributed by atoms with E-state index < -0.39 is 5.97 Å². The summed E-state index contributed by atoms with van der Waals surface area (Å²) in [4.78, 5) is 21.3. The van der Waals surface area contributed by atoms with Gasteiger partial charge < -0.3 is 10.2 Å². The fraction of sp³-hybridized carbons (Fsp3) is 0.850. The van der Waals surface area contributed by atoms with Gasteiger partial charge in [-0.15, -0.1) is 0 Å². The van der Waals surface area contributed by atoms with Gasteiger partial charge >= 0.3 is 5.97 Å². The number of aliphatic hydroxyl groups is 1. The molecule has 0 aromatic heterocycles. The number of fused-ring (bicyclic) bond motifs is 2. The smallest absolute Gasteiger partial charge is 0.303 e. The molecule has 1 saturated carbocycles. The number of unbranched alkanes of at least 4 members (excludes halogenated alkanes) is 5. The number of aliphatic carboxylic acids is 1. The lowest BCUT2D eigenvalue weighted by atomic mass is 9.87. The highest BCUT2D eigenvalue weighted by atomic mass is 17.2. The van der Waals surface area contributed by atoms with E-state index in [9.17, 15) is 9.90 Å². The van der Waals surface area contributed by atoms with Crippen LogP contribution in [0.25, 0.3) is 0 Å². The van der Waals surface area contributed by atoms with Gasteiger partial charge in [0.05, 0.1) is 12.2 Å². The lowest BCUT2D eigenvalue weighted by Crippen LogP contribution is -2.29. The maximum atomic E-state index is 10.5. The highest BCUT2D eigenvalue weighted by Gasteiger charge is 2.49. The Morgan fingerprint density at radius 3 is 2.64 bits per heavy atom. The molecule has 25 heavy (non-hydrogen) atoms. The van der Waals surface area contributed by atoms with Gasteiger partial charge in [0.1, 0.15) is 6.10 Å². The van der Waals surface area contributed by atoms with Crippen LogP contribution >= 0.6 is 0 Å². The average Bonchev–Trinajstić information content (AvgIpc) is 3.17. The number of hydrogen-bond donors (Lipinski definition) is 2. The highest BCUT2D eigenvalue weighted by molar-refractivity contribution is 5.66. The first-order valence-corrected chi connectivity index (χ1v) is 10.0. The van der Waals surface area contributed by atoms with Crippen molar-refractivity contribution >= 4 is 5.97 Å². The predicted molar refractivity (Wildman–Crippen MR) is 96.0 cm³/mol. The predicted octanol–water partition coefficient (Wildman–Crippen LogP) is 4.24. The van der Waals surface area contributed by atoms with E-state index in [1.165, 1.54) is 12.8 Å². The lowest BCUT2D eigenvalue weighted by molar-refractivity contribution is -0.337. The van der Waals surface area contributed by atoms with Crippen LogP contribution in [0.1, 0.15) is 77.6 Å². The van der Waals surface area contributed by atoms with Crippen molar-refractivity contribution in [1.29, 1.82) is 0 Å². The topological polar surface area (TPSA) is 76.0 Å². The van der Waals surface area contributed by atoms with Gasteiger partial charge in [-0.1, -0.05) is 57.6 Å². The van der Waals surface area contributed by atoms with Crippen molar-refractivity contribution in [1.82, 2.24) is 0 Å². The molecule has 2 N–H and O–H groups in total. The number of carboxylic acids is 1. The van der Waals surface area contributed by atoms with E-state index >= 15 is 0 Å². The third-order valence-electron chi connectivity index (χ3n) is 5.51. The minimum Gasteiger partial charge on any atom is -0.481 e. The second kappa shape index (κ2) is 10.9. The average molecular weight is 354 g/mol. The van der Waals surface area contributed by atoms with Crippen molar-refractivity contribution in [2.75, 3.05) is 0 Å². The van der Waals surface area contributed by atoms with E-state index in [4.69, 9.17) is 14.9 Å². The SMILES string of the molecule is CCCCC[C@H](O)/C=C/[C@@H]1[C@H](CCCCCCC(=O)O)[C@@H]2C[C@H]1OO2. The van der Waals surface area contributed by atoms with Crippen molar-refractivity contribution < 1.29 is 24.8 Å². The van der Waals surface area contributed by atoms with E-state index in [1.807, 2.05) is 6.08 Å². The van der Waals surface area contributed by atoms with Gasteiger partial charge in [0.2, 0.25) is 0 Å². The molecule has 5 atom stereocenters. The second-order valence-electron chi connectivity index (χ2n) is 7.54. The zero-order valence-corrected chi connectivity index (χ0v) is 15.4. The number of aliphatic hydroxyl groups excluding tert-OH is 1. The van der Waals surface area contributed by atoms with Gasteiger partial charge in [-0.05, 0) is 25.2 Å². The van der Waals surface area contributed by atoms with E-state index in [2.05, 4.69) is 13.0 Å². The monoisotopic (exact) mass is 354 g/mol. The summed E-state index contributed by atoms with van der Waals surface area (Å²) >= 11 is 0. The number of rotatable bonds is 13. The number of carbonyl (C=O) groups is 1. The summed E-state index contributed by atoms with van der Waals surface area (Å²) in [5, 5.41) is 18.8. The lowest BCUT2D eigenvalue weighted by Gasteiger charge is -2.28. The van der Waals surface area contributed by atoms with Crippen LogP contribution in [-0.4, -0.2) is 34.5 Å². The Hall–Kier alpha value is -0.910. The van der Waals surface area contributed by atoms with Crippen LogP contribution in [0.2, 0.25) is 0 Å². The minimum absolute atomic E-state index is 0.126. The molecule has 2 fully saturated rings. The van der Waals surface area contributed by atoms with E-state index in [0.717, 1.165) is 51.4 Å². The maximum absolute atomic E-state index is 10.5. The van der Waals surface area contributed by atoms with Gasteiger partial charge in [0.15, 0.2) is 0 Å². The van der Waals surface area contributed by atoms with Gasteiger partial charge in [-0.25, -0.2) is 9.78 Å². The molecule has 0 amide bonds. The molecule has 5 nitrogen and oxygen atoms in total. The molecule has 0 spiro atoms. The Balaban J connectivity index is 1.71. The van der Waals surface area contributed by atoms with Crippen molar-refractivity contribution in [2.24, 2.45) is 11.8 Å². The Morgan fingerprint density at radius 1 is 1.12 bits per heavy atom. The van der Waals surface area contributed by atoms with Crippen molar-refractivity contribution in [3.8, 4) is 0 Å². The van der Waals surface area contributed by atoms with Crippen LogP contribution in [-0.2, 0) is 14.6 Å². The highest BCUT2D eigenvalue weighted by Crippen LogP contribution is 2.45. The number of hydrogen-bond acceptors (Lipinski definition) is 4. The summed E-state index contributed by atoms with van der Waals surface area (Å²) in [5.74, 6) is 0.0808. The zero-order chi connectivity index (χ0) is 18.1. The molecule has 1 aliphatic carbocycles. The van der Waals surface area contributed by atoms with E-state index in [1.54, 1.807) is 0 Å². The molecule has 1 saturated heterocycles. The van der Waals surface area contributed by atoms with Crippen LogP contribution in [0.5, 0.6) is 0 Å². The van der Waals surface area contributed by atoms with Crippen LogP contribution in [0.3, 0.4) is 0 Å². The molecule has 0 radical (unpaired) electrons. The molecule has 1 aliphatic heterocycles. The van der Waals surface area contributed by atoms with Crippen LogP contribution < -0.4 is 0 Å². The molecule has 0 aromatic rings. The Bertz CT molecular complexity index is 422. The first-order valence-electron chi connectivity index (χ1n) is 10.0. The Labute approximate surface area is 151 Å². The first-order chi connectivity index (χ1) is 12.1. The molecule has 5 heteroatoms.